The first-order valence-corrected chi connectivity index (χ1v) is 9.71. The second-order valence-electron chi connectivity index (χ2n) is 7.60. The minimum Gasteiger partial charge on any atom is -0.460 e. The van der Waals surface area contributed by atoms with Crippen LogP contribution in [0, 0.1) is 0 Å². The zero-order chi connectivity index (χ0) is 22.3. The van der Waals surface area contributed by atoms with Gasteiger partial charge in [0, 0.05) is 12.1 Å². The fourth-order valence-corrected chi connectivity index (χ4v) is 1.85. The van der Waals surface area contributed by atoms with Crippen LogP contribution in [0.4, 0.5) is 0 Å². The van der Waals surface area contributed by atoms with Gasteiger partial charge in [0.2, 0.25) is 5.91 Å². The maximum atomic E-state index is 12.1. The van der Waals surface area contributed by atoms with Gasteiger partial charge in [0.15, 0.2) is 0 Å². The number of allylic oxidation sites excluding steroid dienone is 6. The first-order chi connectivity index (χ1) is 12.9. The summed E-state index contributed by atoms with van der Waals surface area (Å²) in [4.78, 5) is 23.8. The Hall–Kier alpha value is -2.14. The van der Waals surface area contributed by atoms with Crippen molar-refractivity contribution in [2.24, 2.45) is 0 Å². The van der Waals surface area contributed by atoms with Gasteiger partial charge in [-0.15, -0.1) is 0 Å². The number of ether oxygens (including phenoxy) is 1. The van der Waals surface area contributed by atoms with E-state index in [0.29, 0.717) is 5.70 Å². The molecule has 0 fully saturated rings. The molecule has 0 aromatic rings. The van der Waals surface area contributed by atoms with Crippen LogP contribution in [-0.4, -0.2) is 31.6 Å². The fraction of sp³-hybridized carbons (Fsp3) is 0.565. The van der Waals surface area contributed by atoms with Crippen LogP contribution in [0.2, 0.25) is 0 Å². The molecule has 0 atom stereocenters. The maximum absolute atomic E-state index is 12.1. The molecule has 0 aliphatic heterocycles. The first-order valence-electron chi connectivity index (χ1n) is 9.71. The number of nitrogens with one attached hydrogen (secondary N) is 2. The number of rotatable bonds is 8. The van der Waals surface area contributed by atoms with Crippen LogP contribution < -0.4 is 10.6 Å². The fourth-order valence-electron chi connectivity index (χ4n) is 1.85. The van der Waals surface area contributed by atoms with Crippen molar-refractivity contribution in [2.75, 3.05) is 14.1 Å². The van der Waals surface area contributed by atoms with Crippen LogP contribution in [0.25, 0.3) is 0 Å². The van der Waals surface area contributed by atoms with Crippen molar-refractivity contribution < 1.29 is 14.3 Å². The second kappa shape index (κ2) is 14.9. The van der Waals surface area contributed by atoms with Gasteiger partial charge in [0.05, 0.1) is 6.42 Å². The maximum Gasteiger partial charge on any atom is 0.306 e. The molecule has 0 aliphatic rings. The molecular weight excluding hydrogens is 352 g/mol. The smallest absolute Gasteiger partial charge is 0.306 e. The second-order valence-corrected chi connectivity index (χ2v) is 7.60. The van der Waals surface area contributed by atoms with Crippen molar-refractivity contribution in [2.45, 2.75) is 73.3 Å². The summed E-state index contributed by atoms with van der Waals surface area (Å²) in [6.07, 6.45) is 6.89. The van der Waals surface area contributed by atoms with Crippen LogP contribution in [0.5, 0.6) is 0 Å². The van der Waals surface area contributed by atoms with Gasteiger partial charge in [0.1, 0.15) is 5.60 Å². The summed E-state index contributed by atoms with van der Waals surface area (Å²) in [5, 5.41) is 5.58. The average Bonchev–Trinajstić information content (AvgIpc) is 2.57. The van der Waals surface area contributed by atoms with E-state index < -0.39 is 5.60 Å². The summed E-state index contributed by atoms with van der Waals surface area (Å²) < 4.78 is 5.21. The minimum atomic E-state index is -0.537. The first kappa shape index (κ1) is 28.1. The molecule has 0 radical (unpaired) electrons. The van der Waals surface area contributed by atoms with E-state index in [1.807, 2.05) is 40.1 Å². The highest BCUT2D eigenvalue weighted by molar-refractivity contribution is 5.83. The van der Waals surface area contributed by atoms with Crippen LogP contribution in [0.3, 0.4) is 0 Å². The molecule has 0 spiro atoms. The molecule has 0 saturated carbocycles. The third-order valence-electron chi connectivity index (χ3n) is 3.33. The van der Waals surface area contributed by atoms with Gasteiger partial charge in [0.25, 0.3) is 0 Å². The highest BCUT2D eigenvalue weighted by atomic mass is 16.6. The number of hydrogen-bond donors (Lipinski definition) is 2. The minimum absolute atomic E-state index is 0.0615. The van der Waals surface area contributed by atoms with E-state index in [1.165, 1.54) is 5.57 Å². The lowest BCUT2D eigenvalue weighted by Gasteiger charge is -2.19. The Balaban J connectivity index is 0. The largest absolute Gasteiger partial charge is 0.460 e. The van der Waals surface area contributed by atoms with Gasteiger partial charge in [-0.05, 0) is 73.7 Å². The lowest BCUT2D eigenvalue weighted by molar-refractivity contribution is -0.155. The molecule has 5 heteroatoms. The number of carbonyl (C=O) groups excluding carboxylic acids is 2. The molecule has 0 saturated heterocycles. The van der Waals surface area contributed by atoms with E-state index in [9.17, 15) is 9.59 Å². The monoisotopic (exact) mass is 392 g/mol. The predicted octanol–water partition coefficient (Wildman–Crippen LogP) is 4.82. The van der Waals surface area contributed by atoms with Crippen LogP contribution in [0.15, 0.2) is 47.2 Å². The van der Waals surface area contributed by atoms with Crippen molar-refractivity contribution in [1.82, 2.24) is 10.6 Å². The molecule has 2 N–H and O–H groups in total. The summed E-state index contributed by atoms with van der Waals surface area (Å²) in [5.74, 6) is -0.586. The third-order valence-corrected chi connectivity index (χ3v) is 3.33. The third kappa shape index (κ3) is 16.1. The van der Waals surface area contributed by atoms with Gasteiger partial charge >= 0.3 is 5.97 Å². The van der Waals surface area contributed by atoms with E-state index in [-0.39, 0.29) is 24.7 Å². The Morgan fingerprint density at radius 3 is 2.00 bits per heavy atom. The van der Waals surface area contributed by atoms with Crippen LogP contribution in [-0.2, 0) is 14.3 Å². The highest BCUT2D eigenvalue weighted by Crippen LogP contribution is 2.15. The standard InChI is InChI=1S/C21H33NO3.C2H7N/c1-9-16(5)13-17(15(3)4)14-18(10-2)22-19(23)11-12-20(24)25-21(6,7)8;1-3-2/h10,13-14H,3,9,11-12H2,1-2,4-8H3,(H,22,23);3H,1-2H3/b16-13+,17-14-,18-10+;. The van der Waals surface area contributed by atoms with Gasteiger partial charge in [-0.2, -0.15) is 0 Å². The molecule has 0 heterocycles. The molecule has 0 unspecified atom stereocenters. The SMILES string of the molecule is C=C(C)C(=C\C(=C/C)NC(=O)CCC(=O)OC(C)(C)C)/C=C(\C)CC.CNC. The molecule has 28 heavy (non-hydrogen) atoms. The van der Waals surface area contributed by atoms with Crippen molar-refractivity contribution in [3.8, 4) is 0 Å². The van der Waals surface area contributed by atoms with Crippen LogP contribution in [0.1, 0.15) is 67.7 Å². The summed E-state index contributed by atoms with van der Waals surface area (Å²) >= 11 is 0. The predicted molar refractivity (Wildman–Crippen MR) is 119 cm³/mol. The molecule has 160 valence electrons. The molecule has 0 aliphatic carbocycles. The zero-order valence-electron chi connectivity index (χ0n) is 19.3. The zero-order valence-corrected chi connectivity index (χ0v) is 19.3. The molecule has 0 aromatic carbocycles. The van der Waals surface area contributed by atoms with Crippen molar-refractivity contribution in [3.05, 3.63) is 47.2 Å². The normalized spacial score (nSPS) is 12.7. The highest BCUT2D eigenvalue weighted by Gasteiger charge is 2.17. The molecule has 0 bridgehead atoms. The molecule has 1 amide bonds. The quantitative estimate of drug-likeness (QED) is 0.459. The van der Waals surface area contributed by atoms with E-state index in [0.717, 1.165) is 17.6 Å². The number of amides is 1. The van der Waals surface area contributed by atoms with Gasteiger partial charge in [-0.1, -0.05) is 36.8 Å². The number of esters is 1. The molecule has 5 nitrogen and oxygen atoms in total. The van der Waals surface area contributed by atoms with E-state index >= 15 is 0 Å². The lowest BCUT2D eigenvalue weighted by Crippen LogP contribution is -2.26. The van der Waals surface area contributed by atoms with Crippen molar-refractivity contribution in [3.63, 3.8) is 0 Å². The summed E-state index contributed by atoms with van der Waals surface area (Å²) in [6.45, 7) is 17.3. The van der Waals surface area contributed by atoms with Crippen molar-refractivity contribution >= 4 is 11.9 Å². The Morgan fingerprint density at radius 2 is 1.61 bits per heavy atom. The van der Waals surface area contributed by atoms with Gasteiger partial charge in [-0.25, -0.2) is 0 Å². The van der Waals surface area contributed by atoms with E-state index in [1.54, 1.807) is 20.8 Å². The Labute approximate surface area is 172 Å². The Bertz CT molecular complexity index is 606. The Kier molecular flexibility index (Phi) is 14.9. The average molecular weight is 393 g/mol. The van der Waals surface area contributed by atoms with Gasteiger partial charge < -0.3 is 15.4 Å². The van der Waals surface area contributed by atoms with Crippen LogP contribution >= 0.6 is 0 Å². The van der Waals surface area contributed by atoms with Crippen molar-refractivity contribution in [1.29, 1.82) is 0 Å². The topological polar surface area (TPSA) is 67.4 Å². The Morgan fingerprint density at radius 1 is 1.07 bits per heavy atom. The summed E-state index contributed by atoms with van der Waals surface area (Å²) in [7, 11) is 3.75. The molecule has 0 rings (SSSR count). The van der Waals surface area contributed by atoms with E-state index in [4.69, 9.17) is 4.74 Å². The van der Waals surface area contributed by atoms with Gasteiger partial charge in [-0.3, -0.25) is 9.59 Å². The van der Waals surface area contributed by atoms with E-state index in [2.05, 4.69) is 37.1 Å². The summed E-state index contributed by atoms with van der Waals surface area (Å²) in [5.41, 5.74) is 3.29. The lowest BCUT2D eigenvalue weighted by atomic mass is 10.0. The number of hydrogen-bond acceptors (Lipinski definition) is 4. The molecule has 0 aromatic heterocycles. The number of carbonyl (C=O) groups is 2. The molecular formula is C23H40N2O3. The summed E-state index contributed by atoms with van der Waals surface area (Å²) in [6, 6.07) is 0.